The van der Waals surface area contributed by atoms with Gasteiger partial charge in [0.05, 0.1) is 12.8 Å². The number of amides is 1. The predicted molar refractivity (Wildman–Crippen MR) is 55.0 cm³/mol. The first kappa shape index (κ1) is 11.3. The fourth-order valence-electron chi connectivity index (χ4n) is 1.67. The van der Waals surface area contributed by atoms with Gasteiger partial charge in [0.1, 0.15) is 0 Å². The summed E-state index contributed by atoms with van der Waals surface area (Å²) < 4.78 is 5.15. The second-order valence-electron chi connectivity index (χ2n) is 3.61. The molecule has 0 radical (unpaired) electrons. The molecule has 1 saturated heterocycles. The van der Waals surface area contributed by atoms with Crippen molar-refractivity contribution in [3.63, 3.8) is 0 Å². The van der Waals surface area contributed by atoms with Gasteiger partial charge in [-0.05, 0) is 26.3 Å². The Bertz CT molecular complexity index is 185. The molecule has 82 valence electrons. The summed E-state index contributed by atoms with van der Waals surface area (Å²) in [4.78, 5) is 13.3. The van der Waals surface area contributed by atoms with Gasteiger partial charge in [-0.15, -0.1) is 0 Å². The van der Waals surface area contributed by atoms with E-state index in [1.54, 1.807) is 4.90 Å². The molecule has 1 aliphatic heterocycles. The monoisotopic (exact) mass is 200 g/mol. The molecule has 1 rings (SSSR count). The van der Waals surface area contributed by atoms with Crippen LogP contribution in [0.15, 0.2) is 0 Å². The van der Waals surface area contributed by atoms with Crippen LogP contribution in [0.1, 0.15) is 32.6 Å². The highest BCUT2D eigenvalue weighted by Gasteiger charge is 2.28. The maximum Gasteiger partial charge on any atom is 0.411 e. The van der Waals surface area contributed by atoms with E-state index in [2.05, 4.69) is 12.2 Å². The average Bonchev–Trinajstić information content (AvgIpc) is 2.65. The van der Waals surface area contributed by atoms with Gasteiger partial charge in [0.2, 0.25) is 0 Å². The normalized spacial score (nSPS) is 21.3. The van der Waals surface area contributed by atoms with Crippen molar-refractivity contribution in [2.45, 2.75) is 38.8 Å². The summed E-state index contributed by atoms with van der Waals surface area (Å²) in [5, 5.41) is 3.11. The first-order chi connectivity index (χ1) is 6.79. The summed E-state index contributed by atoms with van der Waals surface area (Å²) in [6.07, 6.45) is 4.10. The molecule has 1 fully saturated rings. The number of carbonyl (C=O) groups excluding carboxylic acids is 1. The smallest absolute Gasteiger partial charge is 0.411 e. The lowest BCUT2D eigenvalue weighted by Crippen LogP contribution is -2.43. The van der Waals surface area contributed by atoms with E-state index < -0.39 is 0 Å². The number of hydrogen-bond acceptors (Lipinski definition) is 3. The number of ether oxygens (including phenoxy) is 1. The molecule has 0 aromatic heterocycles. The lowest BCUT2D eigenvalue weighted by Gasteiger charge is -2.23. The Morgan fingerprint density at radius 2 is 2.43 bits per heavy atom. The van der Waals surface area contributed by atoms with E-state index in [1.807, 2.05) is 7.05 Å². The SMILES string of the molecule is CCCCOC(=O)N1CCCC1NC. The number of unbranched alkanes of at least 4 members (excludes halogenated alkanes) is 1. The zero-order valence-corrected chi connectivity index (χ0v) is 9.08. The highest BCUT2D eigenvalue weighted by molar-refractivity contribution is 5.68. The lowest BCUT2D eigenvalue weighted by molar-refractivity contribution is 0.0929. The molecular formula is C10H20N2O2. The first-order valence-electron chi connectivity index (χ1n) is 5.40. The molecule has 0 saturated carbocycles. The Morgan fingerprint density at radius 3 is 3.07 bits per heavy atom. The summed E-state index contributed by atoms with van der Waals surface area (Å²) >= 11 is 0. The summed E-state index contributed by atoms with van der Waals surface area (Å²) in [6.45, 7) is 3.44. The molecule has 4 nitrogen and oxygen atoms in total. The molecule has 0 aromatic rings. The van der Waals surface area contributed by atoms with Crippen molar-refractivity contribution >= 4 is 6.09 Å². The molecule has 1 aliphatic rings. The molecule has 0 aromatic carbocycles. The maximum absolute atomic E-state index is 11.6. The third-order valence-electron chi connectivity index (χ3n) is 2.54. The van der Waals surface area contributed by atoms with Gasteiger partial charge < -0.3 is 10.1 Å². The van der Waals surface area contributed by atoms with Crippen molar-refractivity contribution in [3.8, 4) is 0 Å². The summed E-state index contributed by atoms with van der Waals surface area (Å²) in [7, 11) is 1.88. The van der Waals surface area contributed by atoms with E-state index in [1.165, 1.54) is 0 Å². The highest BCUT2D eigenvalue weighted by Crippen LogP contribution is 2.15. The van der Waals surface area contributed by atoms with E-state index in [-0.39, 0.29) is 12.3 Å². The molecule has 0 spiro atoms. The number of carbonyl (C=O) groups is 1. The topological polar surface area (TPSA) is 41.6 Å². The van der Waals surface area contributed by atoms with Crippen LogP contribution < -0.4 is 5.32 Å². The number of hydrogen-bond donors (Lipinski definition) is 1. The van der Waals surface area contributed by atoms with Crippen molar-refractivity contribution < 1.29 is 9.53 Å². The number of nitrogens with zero attached hydrogens (tertiary/aromatic N) is 1. The Hall–Kier alpha value is -0.770. The van der Waals surface area contributed by atoms with Gasteiger partial charge in [-0.3, -0.25) is 4.90 Å². The molecule has 1 N–H and O–H groups in total. The minimum atomic E-state index is -0.171. The van der Waals surface area contributed by atoms with Gasteiger partial charge in [0.25, 0.3) is 0 Å². The summed E-state index contributed by atoms with van der Waals surface area (Å²) in [5.41, 5.74) is 0. The van der Waals surface area contributed by atoms with Crippen LogP contribution >= 0.6 is 0 Å². The summed E-state index contributed by atoms with van der Waals surface area (Å²) in [6, 6.07) is 0. The van der Waals surface area contributed by atoms with Crippen LogP contribution in [0.25, 0.3) is 0 Å². The molecule has 4 heteroatoms. The molecule has 1 unspecified atom stereocenters. The highest BCUT2D eigenvalue weighted by atomic mass is 16.6. The van der Waals surface area contributed by atoms with Gasteiger partial charge in [0, 0.05) is 6.54 Å². The van der Waals surface area contributed by atoms with Crippen LogP contribution in [0.2, 0.25) is 0 Å². The van der Waals surface area contributed by atoms with Crippen LogP contribution in [-0.4, -0.2) is 37.4 Å². The van der Waals surface area contributed by atoms with Crippen LogP contribution in [0.3, 0.4) is 0 Å². The van der Waals surface area contributed by atoms with Crippen molar-refractivity contribution in [1.82, 2.24) is 10.2 Å². The molecule has 1 heterocycles. The van der Waals surface area contributed by atoms with E-state index in [0.29, 0.717) is 6.61 Å². The van der Waals surface area contributed by atoms with Gasteiger partial charge in [-0.25, -0.2) is 4.79 Å². The Balaban J connectivity index is 2.28. The van der Waals surface area contributed by atoms with Gasteiger partial charge in [0.15, 0.2) is 0 Å². The fraction of sp³-hybridized carbons (Fsp3) is 0.900. The summed E-state index contributed by atoms with van der Waals surface area (Å²) in [5.74, 6) is 0. The van der Waals surface area contributed by atoms with Gasteiger partial charge in [-0.1, -0.05) is 13.3 Å². The first-order valence-corrected chi connectivity index (χ1v) is 5.40. The second-order valence-corrected chi connectivity index (χ2v) is 3.61. The Morgan fingerprint density at radius 1 is 1.64 bits per heavy atom. The predicted octanol–water partition coefficient (Wildman–Crippen LogP) is 1.56. The zero-order valence-electron chi connectivity index (χ0n) is 9.08. The van der Waals surface area contributed by atoms with Gasteiger partial charge >= 0.3 is 6.09 Å². The standard InChI is InChI=1S/C10H20N2O2/c1-3-4-8-14-10(13)12-7-5-6-9(12)11-2/h9,11H,3-8H2,1-2H3. The number of nitrogens with one attached hydrogen (secondary N) is 1. The average molecular weight is 200 g/mol. The minimum absolute atomic E-state index is 0.170. The zero-order chi connectivity index (χ0) is 10.4. The van der Waals surface area contributed by atoms with Crippen LogP contribution in [0.4, 0.5) is 4.79 Å². The van der Waals surface area contributed by atoms with E-state index in [0.717, 1.165) is 32.2 Å². The Kier molecular flexibility index (Phi) is 4.73. The van der Waals surface area contributed by atoms with E-state index in [9.17, 15) is 4.79 Å². The molecule has 14 heavy (non-hydrogen) atoms. The van der Waals surface area contributed by atoms with Crippen LogP contribution in [-0.2, 0) is 4.74 Å². The van der Waals surface area contributed by atoms with Gasteiger partial charge in [-0.2, -0.15) is 0 Å². The van der Waals surface area contributed by atoms with Crippen molar-refractivity contribution in [1.29, 1.82) is 0 Å². The maximum atomic E-state index is 11.6. The van der Waals surface area contributed by atoms with Crippen LogP contribution in [0, 0.1) is 0 Å². The van der Waals surface area contributed by atoms with E-state index in [4.69, 9.17) is 4.74 Å². The Labute approximate surface area is 85.6 Å². The molecular weight excluding hydrogens is 180 g/mol. The lowest BCUT2D eigenvalue weighted by atomic mass is 10.3. The van der Waals surface area contributed by atoms with Crippen molar-refractivity contribution in [2.75, 3.05) is 20.2 Å². The largest absolute Gasteiger partial charge is 0.449 e. The number of likely N-dealkylation sites (tertiary alicyclic amines) is 1. The molecule has 0 bridgehead atoms. The number of rotatable bonds is 4. The van der Waals surface area contributed by atoms with Crippen LogP contribution in [0.5, 0.6) is 0 Å². The molecule has 1 amide bonds. The second kappa shape index (κ2) is 5.86. The third-order valence-corrected chi connectivity index (χ3v) is 2.54. The fourth-order valence-corrected chi connectivity index (χ4v) is 1.67. The minimum Gasteiger partial charge on any atom is -0.449 e. The molecule has 1 atom stereocenters. The molecule has 0 aliphatic carbocycles. The third kappa shape index (κ3) is 2.87. The quantitative estimate of drug-likeness (QED) is 0.700. The van der Waals surface area contributed by atoms with Crippen molar-refractivity contribution in [2.24, 2.45) is 0 Å². The van der Waals surface area contributed by atoms with Crippen molar-refractivity contribution in [3.05, 3.63) is 0 Å². The van der Waals surface area contributed by atoms with E-state index >= 15 is 0 Å².